The van der Waals surface area contributed by atoms with Gasteiger partial charge in [0.05, 0.1) is 12.2 Å². The molecular formula is C22H29N3O2S. The van der Waals surface area contributed by atoms with Crippen LogP contribution < -0.4 is 0 Å². The highest BCUT2D eigenvalue weighted by molar-refractivity contribution is 7.92. The van der Waals surface area contributed by atoms with Crippen LogP contribution in [0, 0.1) is 6.92 Å². The second-order valence-corrected chi connectivity index (χ2v) is 9.86. The molecule has 1 aromatic heterocycles. The molecule has 28 heavy (non-hydrogen) atoms. The quantitative estimate of drug-likeness (QED) is 0.739. The summed E-state index contributed by atoms with van der Waals surface area (Å²) in [5.74, 6) is 0. The highest BCUT2D eigenvalue weighted by atomic mass is 32.2. The summed E-state index contributed by atoms with van der Waals surface area (Å²) in [6.07, 6.45) is 8.96. The lowest BCUT2D eigenvalue weighted by atomic mass is 10.2. The molecule has 2 aliphatic carbocycles. The summed E-state index contributed by atoms with van der Waals surface area (Å²) in [6, 6.07) is 7.97. The van der Waals surface area contributed by atoms with Crippen molar-refractivity contribution >= 4 is 16.1 Å². The van der Waals surface area contributed by atoms with Crippen LogP contribution in [0.5, 0.6) is 0 Å². The Kier molecular flexibility index (Phi) is 5.43. The topological polar surface area (TPSA) is 55.2 Å². The van der Waals surface area contributed by atoms with Crippen LogP contribution in [0.3, 0.4) is 0 Å². The fourth-order valence-electron chi connectivity index (χ4n) is 4.51. The Labute approximate surface area is 168 Å². The second kappa shape index (κ2) is 7.84. The molecule has 6 heteroatoms. The van der Waals surface area contributed by atoms with Crippen LogP contribution in [0.1, 0.15) is 60.2 Å². The maximum Gasteiger partial charge on any atom is 0.236 e. The number of aromatic nitrogens is 2. The first-order chi connectivity index (χ1) is 13.4. The molecule has 0 amide bonds. The van der Waals surface area contributed by atoms with Gasteiger partial charge in [-0.3, -0.25) is 4.68 Å². The number of sulfonamides is 1. The molecule has 2 aliphatic rings. The van der Waals surface area contributed by atoms with Crippen molar-refractivity contribution in [3.05, 3.63) is 57.8 Å². The zero-order valence-corrected chi connectivity index (χ0v) is 17.6. The fourth-order valence-corrected chi connectivity index (χ4v) is 5.93. The number of fused-ring (bicyclic) bond motifs is 1. The second-order valence-electron chi connectivity index (χ2n) is 8.09. The van der Waals surface area contributed by atoms with E-state index in [1.807, 2.05) is 42.9 Å². The third kappa shape index (κ3) is 3.94. The lowest BCUT2D eigenvalue weighted by Crippen LogP contribution is -2.37. The molecule has 5 nitrogen and oxygen atoms in total. The number of hydrogen-bond acceptors (Lipinski definition) is 3. The van der Waals surface area contributed by atoms with Crippen LogP contribution in [0.2, 0.25) is 0 Å². The van der Waals surface area contributed by atoms with Gasteiger partial charge < -0.3 is 0 Å². The zero-order chi connectivity index (χ0) is 19.7. The molecule has 0 spiro atoms. The van der Waals surface area contributed by atoms with Crippen molar-refractivity contribution in [2.45, 2.75) is 64.5 Å². The summed E-state index contributed by atoms with van der Waals surface area (Å²) in [6.45, 7) is 2.41. The molecule has 1 aromatic carbocycles. The predicted octanol–water partition coefficient (Wildman–Crippen LogP) is 3.96. The van der Waals surface area contributed by atoms with Gasteiger partial charge in [-0.05, 0) is 56.2 Å². The standard InChI is InChI=1S/C22H29N3O2S/c1-17-10-12-18(13-11-17)14-15-28(26,27)25(19-6-3-4-7-19)16-21-20-8-5-9-22(20)24(2)23-21/h10-15,19H,3-9,16H2,1-2H3. The van der Waals surface area contributed by atoms with Gasteiger partial charge in [0.15, 0.2) is 0 Å². The van der Waals surface area contributed by atoms with Crippen LogP contribution in [0.25, 0.3) is 6.08 Å². The van der Waals surface area contributed by atoms with Gasteiger partial charge in [-0.25, -0.2) is 8.42 Å². The minimum absolute atomic E-state index is 0.0757. The maximum absolute atomic E-state index is 13.3. The molecule has 1 heterocycles. The Morgan fingerprint density at radius 2 is 1.86 bits per heavy atom. The zero-order valence-electron chi connectivity index (χ0n) is 16.8. The summed E-state index contributed by atoms with van der Waals surface area (Å²) < 4.78 is 30.2. The summed E-state index contributed by atoms with van der Waals surface area (Å²) in [7, 11) is -1.55. The Morgan fingerprint density at radius 3 is 2.57 bits per heavy atom. The molecule has 0 unspecified atom stereocenters. The van der Waals surface area contributed by atoms with E-state index in [1.54, 1.807) is 10.4 Å². The Balaban J connectivity index is 1.62. The van der Waals surface area contributed by atoms with Gasteiger partial charge in [-0.2, -0.15) is 9.40 Å². The molecule has 150 valence electrons. The van der Waals surface area contributed by atoms with Crippen molar-refractivity contribution < 1.29 is 8.42 Å². The molecule has 4 rings (SSSR count). The minimum Gasteiger partial charge on any atom is -0.272 e. The molecule has 1 saturated carbocycles. The van der Waals surface area contributed by atoms with E-state index in [1.165, 1.54) is 16.7 Å². The van der Waals surface area contributed by atoms with E-state index in [4.69, 9.17) is 0 Å². The summed E-state index contributed by atoms with van der Waals surface area (Å²) >= 11 is 0. The lowest BCUT2D eigenvalue weighted by Gasteiger charge is -2.26. The number of hydrogen-bond donors (Lipinski definition) is 0. The largest absolute Gasteiger partial charge is 0.272 e. The van der Waals surface area contributed by atoms with Crippen molar-refractivity contribution in [1.29, 1.82) is 0 Å². The highest BCUT2D eigenvalue weighted by Crippen LogP contribution is 2.31. The normalized spacial score (nSPS) is 17.8. The summed E-state index contributed by atoms with van der Waals surface area (Å²) in [5, 5.41) is 6.05. The number of rotatable bonds is 6. The third-order valence-electron chi connectivity index (χ3n) is 6.07. The van der Waals surface area contributed by atoms with Crippen LogP contribution >= 0.6 is 0 Å². The Bertz CT molecular complexity index is 968. The van der Waals surface area contributed by atoms with E-state index in [0.717, 1.165) is 61.8 Å². The van der Waals surface area contributed by atoms with Crippen LogP contribution in [-0.4, -0.2) is 28.5 Å². The third-order valence-corrected chi connectivity index (χ3v) is 7.63. The van der Waals surface area contributed by atoms with Gasteiger partial charge in [0.1, 0.15) is 0 Å². The first-order valence-electron chi connectivity index (χ1n) is 10.2. The van der Waals surface area contributed by atoms with Gasteiger partial charge in [0.25, 0.3) is 0 Å². The molecule has 0 aliphatic heterocycles. The van der Waals surface area contributed by atoms with Gasteiger partial charge in [0.2, 0.25) is 10.0 Å². The van der Waals surface area contributed by atoms with E-state index in [0.29, 0.717) is 6.54 Å². The van der Waals surface area contributed by atoms with Crippen molar-refractivity contribution in [3.8, 4) is 0 Å². The van der Waals surface area contributed by atoms with Gasteiger partial charge in [-0.1, -0.05) is 42.7 Å². The van der Waals surface area contributed by atoms with Crippen molar-refractivity contribution in [3.63, 3.8) is 0 Å². The number of nitrogens with zero attached hydrogens (tertiary/aromatic N) is 3. The first kappa shape index (κ1) is 19.4. The van der Waals surface area contributed by atoms with Crippen LogP contribution in [0.15, 0.2) is 29.7 Å². The fraction of sp³-hybridized carbons (Fsp3) is 0.500. The van der Waals surface area contributed by atoms with E-state index >= 15 is 0 Å². The SMILES string of the molecule is Cc1ccc(C=CS(=O)(=O)N(Cc2nn(C)c3c2CCC3)C2CCCC2)cc1. The minimum atomic E-state index is -3.52. The predicted molar refractivity (Wildman–Crippen MR) is 112 cm³/mol. The van der Waals surface area contributed by atoms with Crippen molar-refractivity contribution in [2.75, 3.05) is 0 Å². The molecule has 0 radical (unpaired) electrons. The average molecular weight is 400 g/mol. The van der Waals surface area contributed by atoms with Gasteiger partial charge >= 0.3 is 0 Å². The molecule has 0 saturated heterocycles. The first-order valence-corrected chi connectivity index (χ1v) is 11.7. The Hall–Kier alpha value is -1.92. The number of benzene rings is 1. The lowest BCUT2D eigenvalue weighted by molar-refractivity contribution is 0.315. The van der Waals surface area contributed by atoms with Gasteiger partial charge in [-0.15, -0.1) is 0 Å². The molecule has 0 bridgehead atoms. The van der Waals surface area contributed by atoms with E-state index in [9.17, 15) is 8.42 Å². The van der Waals surface area contributed by atoms with E-state index < -0.39 is 10.0 Å². The molecule has 2 aromatic rings. The molecule has 1 fully saturated rings. The van der Waals surface area contributed by atoms with Crippen molar-refractivity contribution in [1.82, 2.24) is 14.1 Å². The van der Waals surface area contributed by atoms with Crippen LogP contribution in [-0.2, 0) is 36.5 Å². The summed E-state index contributed by atoms with van der Waals surface area (Å²) in [5.41, 5.74) is 5.54. The molecular weight excluding hydrogens is 370 g/mol. The maximum atomic E-state index is 13.3. The van der Waals surface area contributed by atoms with Gasteiger partial charge in [0, 0.05) is 24.2 Å². The molecule has 0 atom stereocenters. The smallest absolute Gasteiger partial charge is 0.236 e. The Morgan fingerprint density at radius 1 is 1.14 bits per heavy atom. The molecule has 0 N–H and O–H groups in total. The summed E-state index contributed by atoms with van der Waals surface area (Å²) in [4.78, 5) is 0. The van der Waals surface area contributed by atoms with Crippen LogP contribution in [0.4, 0.5) is 0 Å². The van der Waals surface area contributed by atoms with Crippen molar-refractivity contribution in [2.24, 2.45) is 7.05 Å². The number of aryl methyl sites for hydroxylation is 2. The highest BCUT2D eigenvalue weighted by Gasteiger charge is 2.33. The monoisotopic (exact) mass is 399 g/mol. The van der Waals surface area contributed by atoms with E-state index in [-0.39, 0.29) is 6.04 Å². The average Bonchev–Trinajstić information content (AvgIpc) is 3.40. The van der Waals surface area contributed by atoms with E-state index in [2.05, 4.69) is 5.10 Å².